The molecule has 0 saturated heterocycles. The third-order valence-corrected chi connectivity index (χ3v) is 16.2. The molecule has 300 valence electrons. The molecule has 0 aromatic rings. The number of hydrogen-bond donors (Lipinski definition) is 2. The zero-order chi connectivity index (χ0) is 39.0. The molecule has 1 amide bonds. The van der Waals surface area contributed by atoms with Gasteiger partial charge in [0.2, 0.25) is 5.91 Å². The number of carbonyl (C=O) groups excluding carboxylic acids is 3. The molecule has 0 spiro atoms. The van der Waals surface area contributed by atoms with E-state index >= 15 is 0 Å². The van der Waals surface area contributed by atoms with Crippen LogP contribution in [0.2, 0.25) is 0 Å². The molecule has 0 aliphatic heterocycles. The van der Waals surface area contributed by atoms with E-state index in [1.54, 1.807) is 5.57 Å². The second-order valence-electron chi connectivity index (χ2n) is 20.3. The predicted molar refractivity (Wildman–Crippen MR) is 208 cm³/mol. The highest BCUT2D eigenvalue weighted by Gasteiger charge is 2.70. The monoisotopic (exact) mass is 740 g/mol. The van der Waals surface area contributed by atoms with Crippen LogP contribution in [0.3, 0.4) is 0 Å². The van der Waals surface area contributed by atoms with Gasteiger partial charge in [0.1, 0.15) is 12.2 Å². The van der Waals surface area contributed by atoms with Crippen LogP contribution in [-0.2, 0) is 28.7 Å². The Kier molecular flexibility index (Phi) is 12.3. The highest BCUT2D eigenvalue weighted by Crippen LogP contribution is 2.76. The highest BCUT2D eigenvalue weighted by atomic mass is 16.6. The maximum atomic E-state index is 14.5. The van der Waals surface area contributed by atoms with Gasteiger partial charge >= 0.3 is 17.9 Å². The predicted octanol–water partition coefficient (Wildman–Crippen LogP) is 9.97. The van der Waals surface area contributed by atoms with E-state index < -0.39 is 18.2 Å². The molecule has 0 heterocycles. The van der Waals surface area contributed by atoms with Crippen molar-refractivity contribution in [3.8, 4) is 0 Å². The molecule has 0 aromatic carbocycles. The maximum absolute atomic E-state index is 14.5. The van der Waals surface area contributed by atoms with Crippen LogP contribution in [0, 0.1) is 50.2 Å². The van der Waals surface area contributed by atoms with Gasteiger partial charge in [0.25, 0.3) is 0 Å². The van der Waals surface area contributed by atoms with Gasteiger partial charge in [-0.15, -0.1) is 0 Å². The number of fused-ring (bicyclic) bond motifs is 7. The number of aliphatic carboxylic acids is 1. The summed E-state index contributed by atoms with van der Waals surface area (Å²) in [7, 11) is 0. The molecule has 5 aliphatic rings. The summed E-state index contributed by atoms with van der Waals surface area (Å²) in [5.74, 6) is -0.160. The average Bonchev–Trinajstić information content (AvgIpc) is 3.04. The van der Waals surface area contributed by atoms with Crippen molar-refractivity contribution in [3.05, 3.63) is 11.6 Å². The maximum Gasteiger partial charge on any atom is 0.303 e. The van der Waals surface area contributed by atoms with E-state index in [-0.39, 0.29) is 62.7 Å². The summed E-state index contributed by atoms with van der Waals surface area (Å²) in [5.41, 5.74) is 0.879. The number of nitrogens with one attached hydrogen (secondary N) is 1. The minimum Gasteiger partial charge on any atom is -0.481 e. The first-order valence-electron chi connectivity index (χ1n) is 21.3. The topological polar surface area (TPSA) is 119 Å². The van der Waals surface area contributed by atoms with Crippen LogP contribution < -0.4 is 5.32 Å². The van der Waals surface area contributed by atoms with Gasteiger partial charge in [-0.1, -0.05) is 98.6 Å². The SMILES string of the molecule is CC(=O)O[C@@H]1C[C@]2(C)[C@H]3CC=C4[C@@H]5CC(C)(C)CC[C@]5(C(=O)NCCCCCCCCCCC(=O)O)CC[C@@]4(C)[C@]3(C)CC[C@H]2C(C)(C)[C@H]1OC(C)=O. The van der Waals surface area contributed by atoms with Crippen molar-refractivity contribution in [2.45, 2.75) is 190 Å². The van der Waals surface area contributed by atoms with E-state index in [0.717, 1.165) is 103 Å². The molecule has 4 saturated carbocycles. The zero-order valence-electron chi connectivity index (χ0n) is 34.8. The number of allylic oxidation sites excluding steroid dienone is 2. The Labute approximate surface area is 320 Å². The van der Waals surface area contributed by atoms with Crippen LogP contribution >= 0.6 is 0 Å². The lowest BCUT2D eigenvalue weighted by Crippen LogP contribution is -2.68. The van der Waals surface area contributed by atoms with Crippen molar-refractivity contribution in [2.24, 2.45) is 50.2 Å². The normalized spacial score (nSPS) is 38.1. The number of rotatable bonds is 14. The summed E-state index contributed by atoms with van der Waals surface area (Å²) in [4.78, 5) is 50.0. The van der Waals surface area contributed by atoms with Gasteiger partial charge in [-0.3, -0.25) is 19.2 Å². The van der Waals surface area contributed by atoms with Gasteiger partial charge in [0.15, 0.2) is 0 Å². The molecule has 53 heavy (non-hydrogen) atoms. The first-order chi connectivity index (χ1) is 24.7. The summed E-state index contributed by atoms with van der Waals surface area (Å²) < 4.78 is 12.0. The molecule has 2 N–H and O–H groups in total. The second kappa shape index (κ2) is 15.6. The third-order valence-electron chi connectivity index (χ3n) is 16.2. The zero-order valence-corrected chi connectivity index (χ0v) is 34.8. The van der Waals surface area contributed by atoms with Crippen molar-refractivity contribution < 1.29 is 33.8 Å². The molecular weight excluding hydrogens is 666 g/mol. The quantitative estimate of drug-likeness (QED) is 0.103. The summed E-state index contributed by atoms with van der Waals surface area (Å²) in [6, 6.07) is 0. The van der Waals surface area contributed by atoms with Gasteiger partial charge < -0.3 is 19.9 Å². The minimum atomic E-state index is -0.703. The molecule has 8 nitrogen and oxygen atoms in total. The van der Waals surface area contributed by atoms with Gasteiger partial charge in [-0.25, -0.2) is 0 Å². The lowest BCUT2D eigenvalue weighted by atomic mass is 9.33. The Balaban J connectivity index is 1.33. The van der Waals surface area contributed by atoms with Crippen LogP contribution in [0.4, 0.5) is 0 Å². The lowest BCUT2D eigenvalue weighted by molar-refractivity contribution is -0.243. The van der Waals surface area contributed by atoms with E-state index in [1.807, 2.05) is 0 Å². The van der Waals surface area contributed by atoms with Crippen molar-refractivity contribution in [2.75, 3.05) is 6.54 Å². The Morgan fingerprint density at radius 3 is 1.98 bits per heavy atom. The smallest absolute Gasteiger partial charge is 0.303 e. The van der Waals surface area contributed by atoms with Crippen LogP contribution in [-0.4, -0.2) is 47.7 Å². The molecular formula is C45H73NO7. The molecule has 5 rings (SSSR count). The third kappa shape index (κ3) is 7.86. The number of carboxylic acid groups (broad SMARTS) is 1. The summed E-state index contributed by atoms with van der Waals surface area (Å²) in [5, 5.41) is 12.3. The first kappa shape index (κ1) is 41.8. The van der Waals surface area contributed by atoms with Crippen molar-refractivity contribution in [3.63, 3.8) is 0 Å². The molecule has 0 radical (unpaired) electrons. The van der Waals surface area contributed by atoms with Crippen LogP contribution in [0.15, 0.2) is 11.6 Å². The van der Waals surface area contributed by atoms with E-state index in [4.69, 9.17) is 14.6 Å². The van der Waals surface area contributed by atoms with Gasteiger partial charge in [0.05, 0.1) is 5.41 Å². The van der Waals surface area contributed by atoms with Crippen molar-refractivity contribution in [1.82, 2.24) is 5.32 Å². The fourth-order valence-corrected chi connectivity index (χ4v) is 13.3. The number of ether oxygens (including phenoxy) is 2. The van der Waals surface area contributed by atoms with Gasteiger partial charge in [0, 0.05) is 32.2 Å². The molecule has 8 heteroatoms. The molecule has 5 aliphatic carbocycles. The fraction of sp³-hybridized carbons (Fsp3) is 0.867. The number of hydrogen-bond acceptors (Lipinski definition) is 6. The summed E-state index contributed by atoms with van der Waals surface area (Å²) in [6.45, 7) is 20.4. The molecule has 0 aromatic heterocycles. The average molecular weight is 740 g/mol. The molecule has 0 bridgehead atoms. The van der Waals surface area contributed by atoms with Crippen LogP contribution in [0.1, 0.15) is 178 Å². The first-order valence-corrected chi connectivity index (χ1v) is 21.3. The van der Waals surface area contributed by atoms with Crippen molar-refractivity contribution >= 4 is 23.8 Å². The number of carbonyl (C=O) groups is 4. The van der Waals surface area contributed by atoms with Gasteiger partial charge in [-0.2, -0.15) is 0 Å². The summed E-state index contributed by atoms with van der Waals surface area (Å²) in [6.07, 6.45) is 19.1. The van der Waals surface area contributed by atoms with Crippen LogP contribution in [0.25, 0.3) is 0 Å². The number of carboxylic acids is 1. The fourth-order valence-electron chi connectivity index (χ4n) is 13.3. The van der Waals surface area contributed by atoms with Crippen molar-refractivity contribution in [1.29, 1.82) is 0 Å². The number of unbranched alkanes of at least 4 members (excludes halogenated alkanes) is 7. The van der Waals surface area contributed by atoms with Crippen LogP contribution in [0.5, 0.6) is 0 Å². The number of esters is 2. The standard InChI is InChI=1S/C45H73NO7/c1-30(47)52-34-29-42(7)35(41(5,6)38(34)53-31(2)48)21-22-44(9)36(42)20-19-32-33-28-40(3,4)23-25-45(33,26-24-43(32,44)8)39(51)46-27-17-15-13-11-10-12-14-16-18-37(49)50/h19,33-36,38H,10-18,20-29H2,1-9H3,(H,46,51)(H,49,50)/t33-,34+,35-,36+,38-,42-,43+,44+,45-/m0/s1. The van der Waals surface area contributed by atoms with Gasteiger partial charge in [-0.05, 0) is 110 Å². The Morgan fingerprint density at radius 2 is 1.36 bits per heavy atom. The Morgan fingerprint density at radius 1 is 0.755 bits per heavy atom. The van der Waals surface area contributed by atoms with E-state index in [1.165, 1.54) is 20.3 Å². The lowest BCUT2D eigenvalue weighted by Gasteiger charge is -2.71. The van der Waals surface area contributed by atoms with E-state index in [9.17, 15) is 19.2 Å². The number of amides is 1. The Hall–Kier alpha value is -2.38. The highest BCUT2D eigenvalue weighted by molar-refractivity contribution is 5.84. The summed E-state index contributed by atoms with van der Waals surface area (Å²) >= 11 is 0. The molecule has 4 fully saturated rings. The second-order valence-corrected chi connectivity index (χ2v) is 20.3. The largest absolute Gasteiger partial charge is 0.481 e. The molecule has 9 atom stereocenters. The van der Waals surface area contributed by atoms with E-state index in [2.05, 4.69) is 59.9 Å². The molecule has 0 unspecified atom stereocenters. The van der Waals surface area contributed by atoms with E-state index in [0.29, 0.717) is 18.3 Å². The Bertz CT molecular complexity index is 1420. The minimum absolute atomic E-state index is 0.0218.